The SMILES string of the molecule is C[C@@H]1C[NH+]2CCC3=C(CCCC3)[C@@]2(C)C1. The monoisotopic (exact) mass is 206 g/mol. The van der Waals surface area contributed by atoms with Gasteiger partial charge in [0.1, 0.15) is 5.54 Å². The van der Waals surface area contributed by atoms with E-state index in [1.165, 1.54) is 51.6 Å². The molecule has 3 rings (SSSR count). The minimum Gasteiger partial charge on any atom is -0.326 e. The number of nitrogens with one attached hydrogen (secondary N) is 1. The second kappa shape index (κ2) is 3.35. The molecule has 0 bridgehead atoms. The molecule has 1 nitrogen and oxygen atoms in total. The summed E-state index contributed by atoms with van der Waals surface area (Å²) in [7, 11) is 0. The van der Waals surface area contributed by atoms with Crippen LogP contribution in [0.2, 0.25) is 0 Å². The van der Waals surface area contributed by atoms with Crippen LogP contribution in [0.1, 0.15) is 52.4 Å². The Morgan fingerprint density at radius 1 is 1.20 bits per heavy atom. The van der Waals surface area contributed by atoms with E-state index in [1.54, 1.807) is 0 Å². The highest BCUT2D eigenvalue weighted by molar-refractivity contribution is 5.28. The van der Waals surface area contributed by atoms with E-state index in [1.807, 2.05) is 16.0 Å². The number of rotatable bonds is 0. The van der Waals surface area contributed by atoms with E-state index in [0.29, 0.717) is 5.54 Å². The summed E-state index contributed by atoms with van der Waals surface area (Å²) < 4.78 is 0. The lowest BCUT2D eigenvalue weighted by Crippen LogP contribution is -3.18. The Morgan fingerprint density at radius 2 is 2.00 bits per heavy atom. The summed E-state index contributed by atoms with van der Waals surface area (Å²) in [5, 5.41) is 0. The van der Waals surface area contributed by atoms with Crippen LogP contribution in [-0.2, 0) is 0 Å². The highest BCUT2D eigenvalue weighted by atomic mass is 15.2. The van der Waals surface area contributed by atoms with Crippen LogP contribution < -0.4 is 4.90 Å². The molecular formula is C14H24N+. The Balaban J connectivity index is 1.99. The molecule has 1 fully saturated rings. The van der Waals surface area contributed by atoms with Crippen LogP contribution in [-0.4, -0.2) is 18.6 Å². The van der Waals surface area contributed by atoms with Crippen molar-refractivity contribution in [2.45, 2.75) is 57.9 Å². The summed E-state index contributed by atoms with van der Waals surface area (Å²) in [4.78, 5) is 1.90. The molecule has 3 atom stereocenters. The molecule has 0 spiro atoms. The molecule has 1 N–H and O–H groups in total. The van der Waals surface area contributed by atoms with E-state index in [9.17, 15) is 0 Å². The van der Waals surface area contributed by atoms with Gasteiger partial charge in [-0.05, 0) is 38.2 Å². The molecule has 3 aliphatic rings. The Hall–Kier alpha value is -0.300. The Labute approximate surface area is 93.5 Å². The Morgan fingerprint density at radius 3 is 2.87 bits per heavy atom. The molecule has 0 saturated carbocycles. The number of hydrogen-bond acceptors (Lipinski definition) is 0. The first-order chi connectivity index (χ1) is 7.20. The third kappa shape index (κ3) is 1.39. The van der Waals surface area contributed by atoms with Gasteiger partial charge in [-0.25, -0.2) is 0 Å². The van der Waals surface area contributed by atoms with Gasteiger partial charge in [0, 0.05) is 18.8 Å². The van der Waals surface area contributed by atoms with E-state index in [0.717, 1.165) is 5.92 Å². The van der Waals surface area contributed by atoms with Crippen molar-refractivity contribution < 1.29 is 4.90 Å². The second-order valence-electron chi connectivity index (χ2n) is 6.24. The first kappa shape index (κ1) is 9.89. The van der Waals surface area contributed by atoms with Gasteiger partial charge in [-0.3, -0.25) is 0 Å². The molecule has 1 heteroatoms. The maximum absolute atomic E-state index is 2.55. The van der Waals surface area contributed by atoms with Crippen molar-refractivity contribution in [2.75, 3.05) is 13.1 Å². The maximum atomic E-state index is 2.55. The van der Waals surface area contributed by atoms with E-state index < -0.39 is 0 Å². The molecule has 84 valence electrons. The molecule has 1 saturated heterocycles. The highest BCUT2D eigenvalue weighted by Gasteiger charge is 2.49. The first-order valence-electron chi connectivity index (χ1n) is 6.77. The zero-order valence-corrected chi connectivity index (χ0v) is 10.2. The molecule has 2 aliphatic heterocycles. The molecule has 0 aromatic heterocycles. The fraction of sp³-hybridized carbons (Fsp3) is 0.857. The predicted octanol–water partition coefficient (Wildman–Crippen LogP) is 1.94. The second-order valence-corrected chi connectivity index (χ2v) is 6.24. The number of quaternary nitrogens is 1. The molecule has 0 radical (unpaired) electrons. The molecule has 1 unspecified atom stereocenters. The number of fused-ring (bicyclic) bond motifs is 2. The minimum atomic E-state index is 0.549. The van der Waals surface area contributed by atoms with Gasteiger partial charge >= 0.3 is 0 Å². The van der Waals surface area contributed by atoms with Crippen LogP contribution in [0, 0.1) is 5.92 Å². The van der Waals surface area contributed by atoms with Crippen molar-refractivity contribution in [3.63, 3.8) is 0 Å². The van der Waals surface area contributed by atoms with Gasteiger partial charge in [-0.1, -0.05) is 12.5 Å². The van der Waals surface area contributed by atoms with E-state index >= 15 is 0 Å². The van der Waals surface area contributed by atoms with Crippen molar-refractivity contribution >= 4 is 0 Å². The summed E-state index contributed by atoms with van der Waals surface area (Å²) in [6.45, 7) is 7.83. The van der Waals surface area contributed by atoms with Gasteiger partial charge in [0.25, 0.3) is 0 Å². The van der Waals surface area contributed by atoms with Gasteiger partial charge in [-0.2, -0.15) is 0 Å². The Kier molecular flexibility index (Phi) is 2.21. The summed E-state index contributed by atoms with van der Waals surface area (Å²) in [6.07, 6.45) is 8.61. The third-order valence-electron chi connectivity index (χ3n) is 5.11. The van der Waals surface area contributed by atoms with E-state index in [4.69, 9.17) is 0 Å². The zero-order valence-electron chi connectivity index (χ0n) is 10.2. The fourth-order valence-corrected chi connectivity index (χ4v) is 4.49. The fourth-order valence-electron chi connectivity index (χ4n) is 4.49. The smallest absolute Gasteiger partial charge is 0.117 e. The predicted molar refractivity (Wildman–Crippen MR) is 63.0 cm³/mol. The average Bonchev–Trinajstić information content (AvgIpc) is 2.53. The number of hydrogen-bond donors (Lipinski definition) is 1. The van der Waals surface area contributed by atoms with Gasteiger partial charge in [0.15, 0.2) is 0 Å². The lowest BCUT2D eigenvalue weighted by Gasteiger charge is -2.41. The quantitative estimate of drug-likeness (QED) is 0.578. The van der Waals surface area contributed by atoms with Crippen molar-refractivity contribution in [1.82, 2.24) is 0 Å². The lowest BCUT2D eigenvalue weighted by atomic mass is 9.74. The molecule has 2 heterocycles. The molecule has 15 heavy (non-hydrogen) atoms. The normalized spacial score (nSPS) is 45.2. The largest absolute Gasteiger partial charge is 0.326 e. The average molecular weight is 206 g/mol. The van der Waals surface area contributed by atoms with Crippen molar-refractivity contribution in [3.8, 4) is 0 Å². The highest BCUT2D eigenvalue weighted by Crippen LogP contribution is 2.39. The van der Waals surface area contributed by atoms with E-state index in [2.05, 4.69) is 13.8 Å². The van der Waals surface area contributed by atoms with Gasteiger partial charge < -0.3 is 4.90 Å². The molecule has 0 aromatic carbocycles. The van der Waals surface area contributed by atoms with Crippen LogP contribution in [0.15, 0.2) is 11.1 Å². The van der Waals surface area contributed by atoms with Gasteiger partial charge in [0.05, 0.1) is 13.1 Å². The van der Waals surface area contributed by atoms with Crippen molar-refractivity contribution in [1.29, 1.82) is 0 Å². The molecular weight excluding hydrogens is 182 g/mol. The van der Waals surface area contributed by atoms with Crippen LogP contribution in [0.3, 0.4) is 0 Å². The van der Waals surface area contributed by atoms with Crippen LogP contribution in [0.25, 0.3) is 0 Å². The van der Waals surface area contributed by atoms with Crippen LogP contribution in [0.5, 0.6) is 0 Å². The molecule has 0 amide bonds. The minimum absolute atomic E-state index is 0.549. The van der Waals surface area contributed by atoms with Crippen molar-refractivity contribution in [2.24, 2.45) is 5.92 Å². The first-order valence-corrected chi connectivity index (χ1v) is 6.77. The zero-order chi connectivity index (χ0) is 10.5. The summed E-state index contributed by atoms with van der Waals surface area (Å²) in [5.74, 6) is 0.943. The topological polar surface area (TPSA) is 4.44 Å². The summed E-state index contributed by atoms with van der Waals surface area (Å²) in [6, 6.07) is 0. The standard InChI is InChI=1S/C14H23N/c1-11-9-14(2)13-6-4-3-5-12(13)7-8-15(14)10-11/h11H,3-10H2,1-2H3/p+1/t11-,14+/m0/s1. The van der Waals surface area contributed by atoms with Gasteiger partial charge in [-0.15, -0.1) is 0 Å². The molecule has 1 aliphatic carbocycles. The lowest BCUT2D eigenvalue weighted by molar-refractivity contribution is -0.934. The summed E-state index contributed by atoms with van der Waals surface area (Å²) in [5.41, 5.74) is 4.30. The van der Waals surface area contributed by atoms with Crippen LogP contribution >= 0.6 is 0 Å². The van der Waals surface area contributed by atoms with Gasteiger partial charge in [0.2, 0.25) is 0 Å². The van der Waals surface area contributed by atoms with E-state index in [-0.39, 0.29) is 0 Å². The van der Waals surface area contributed by atoms with Crippen LogP contribution in [0.4, 0.5) is 0 Å². The molecule has 0 aromatic rings. The third-order valence-corrected chi connectivity index (χ3v) is 5.11. The Bertz CT molecular complexity index is 304. The van der Waals surface area contributed by atoms with Crippen molar-refractivity contribution in [3.05, 3.63) is 11.1 Å². The summed E-state index contributed by atoms with van der Waals surface area (Å²) >= 11 is 0. The maximum Gasteiger partial charge on any atom is 0.117 e.